The average Bonchev–Trinajstić information content (AvgIpc) is 2.81. The molecule has 1 saturated heterocycles. The molecule has 0 aromatic carbocycles. The van der Waals surface area contributed by atoms with Crippen LogP contribution in [0.25, 0.3) is 11.2 Å². The van der Waals surface area contributed by atoms with E-state index in [1.807, 2.05) is 24.8 Å². The summed E-state index contributed by atoms with van der Waals surface area (Å²) in [6.45, 7) is 6.28. The summed E-state index contributed by atoms with van der Waals surface area (Å²) in [6.07, 6.45) is 1.79. The van der Waals surface area contributed by atoms with Crippen molar-refractivity contribution < 1.29 is 9.53 Å². The lowest BCUT2D eigenvalue weighted by Gasteiger charge is -2.29. The third kappa shape index (κ3) is 2.58. The van der Waals surface area contributed by atoms with E-state index in [2.05, 4.69) is 9.97 Å². The molecular formula is C14H18N4O2S. The Labute approximate surface area is 127 Å². The zero-order chi connectivity index (χ0) is 15.0. The van der Waals surface area contributed by atoms with Gasteiger partial charge in [0.1, 0.15) is 6.04 Å². The number of morpholine rings is 1. The van der Waals surface area contributed by atoms with E-state index in [1.165, 1.54) is 0 Å². The van der Waals surface area contributed by atoms with E-state index in [0.717, 1.165) is 16.7 Å². The van der Waals surface area contributed by atoms with Crippen LogP contribution in [-0.4, -0.2) is 51.6 Å². The van der Waals surface area contributed by atoms with E-state index in [0.29, 0.717) is 31.1 Å². The molecule has 1 amide bonds. The predicted molar refractivity (Wildman–Crippen MR) is 81.8 cm³/mol. The second-order valence-corrected chi connectivity index (χ2v) is 5.68. The Morgan fingerprint density at radius 1 is 1.48 bits per heavy atom. The molecule has 1 aliphatic rings. The first-order valence-electron chi connectivity index (χ1n) is 7.01. The van der Waals surface area contributed by atoms with Gasteiger partial charge in [-0.05, 0) is 37.7 Å². The van der Waals surface area contributed by atoms with Crippen LogP contribution in [-0.2, 0) is 9.53 Å². The Morgan fingerprint density at radius 3 is 2.90 bits per heavy atom. The van der Waals surface area contributed by atoms with Gasteiger partial charge in [0, 0.05) is 19.3 Å². The van der Waals surface area contributed by atoms with Crippen LogP contribution in [0.2, 0.25) is 0 Å². The molecular weight excluding hydrogens is 288 g/mol. The third-order valence-corrected chi connectivity index (χ3v) is 4.06. The maximum Gasteiger partial charge on any atom is 0.245 e. The fourth-order valence-electron chi connectivity index (χ4n) is 2.64. The first-order valence-corrected chi connectivity index (χ1v) is 7.42. The Bertz CT molecular complexity index is 730. The van der Waals surface area contributed by atoms with Crippen molar-refractivity contribution in [3.63, 3.8) is 0 Å². The zero-order valence-electron chi connectivity index (χ0n) is 12.1. The Balaban J connectivity index is 1.97. The molecule has 6 nitrogen and oxygen atoms in total. The van der Waals surface area contributed by atoms with Gasteiger partial charge in [0.15, 0.2) is 10.4 Å². The van der Waals surface area contributed by atoms with Crippen molar-refractivity contribution in [2.24, 2.45) is 0 Å². The van der Waals surface area contributed by atoms with E-state index in [4.69, 9.17) is 17.0 Å². The van der Waals surface area contributed by atoms with Gasteiger partial charge in [-0.25, -0.2) is 4.98 Å². The van der Waals surface area contributed by atoms with Crippen molar-refractivity contribution in [1.82, 2.24) is 19.4 Å². The minimum atomic E-state index is -0.375. The molecule has 0 saturated carbocycles. The van der Waals surface area contributed by atoms with Crippen molar-refractivity contribution in [2.75, 3.05) is 26.3 Å². The molecule has 0 radical (unpaired) electrons. The van der Waals surface area contributed by atoms with E-state index in [9.17, 15) is 4.79 Å². The van der Waals surface area contributed by atoms with Crippen molar-refractivity contribution >= 4 is 29.3 Å². The van der Waals surface area contributed by atoms with Crippen LogP contribution in [0.3, 0.4) is 0 Å². The lowest BCUT2D eigenvalue weighted by atomic mass is 10.2. The van der Waals surface area contributed by atoms with Gasteiger partial charge in [-0.15, -0.1) is 0 Å². The van der Waals surface area contributed by atoms with Gasteiger partial charge in [0.25, 0.3) is 0 Å². The smallest absolute Gasteiger partial charge is 0.245 e. The van der Waals surface area contributed by atoms with E-state index >= 15 is 0 Å². The second kappa shape index (κ2) is 5.57. The van der Waals surface area contributed by atoms with Gasteiger partial charge in [-0.2, -0.15) is 0 Å². The number of carbonyl (C=O) groups is 1. The monoisotopic (exact) mass is 306 g/mol. The molecule has 3 heterocycles. The fourth-order valence-corrected chi connectivity index (χ4v) is 2.99. The topological polar surface area (TPSA) is 63.2 Å². The van der Waals surface area contributed by atoms with Crippen LogP contribution in [0.5, 0.6) is 0 Å². The minimum Gasteiger partial charge on any atom is -0.378 e. The van der Waals surface area contributed by atoms with Crippen LogP contribution in [0, 0.1) is 11.7 Å². The van der Waals surface area contributed by atoms with Gasteiger partial charge in [-0.3, -0.25) is 9.36 Å². The zero-order valence-corrected chi connectivity index (χ0v) is 12.9. The Morgan fingerprint density at radius 2 is 2.19 bits per heavy atom. The summed E-state index contributed by atoms with van der Waals surface area (Å²) in [7, 11) is 0. The van der Waals surface area contributed by atoms with Crippen LogP contribution < -0.4 is 0 Å². The van der Waals surface area contributed by atoms with Gasteiger partial charge < -0.3 is 14.6 Å². The Hall–Kier alpha value is -1.73. The number of fused-ring (bicyclic) bond motifs is 1. The molecule has 0 bridgehead atoms. The molecule has 1 aliphatic heterocycles. The molecule has 1 atom stereocenters. The quantitative estimate of drug-likeness (QED) is 0.860. The number of nitrogens with zero attached hydrogens (tertiary/aromatic N) is 3. The molecule has 21 heavy (non-hydrogen) atoms. The second-order valence-electron chi connectivity index (χ2n) is 5.30. The van der Waals surface area contributed by atoms with Crippen molar-refractivity contribution in [2.45, 2.75) is 19.9 Å². The Kier molecular flexibility index (Phi) is 3.77. The summed E-state index contributed by atoms with van der Waals surface area (Å²) in [5, 5.41) is 0. The van der Waals surface area contributed by atoms with E-state index in [-0.39, 0.29) is 11.9 Å². The highest BCUT2D eigenvalue weighted by atomic mass is 32.1. The molecule has 2 aromatic heterocycles. The number of ether oxygens (including phenoxy) is 1. The number of rotatable bonds is 2. The van der Waals surface area contributed by atoms with Gasteiger partial charge in [0.2, 0.25) is 5.91 Å². The molecule has 1 unspecified atom stereocenters. The summed E-state index contributed by atoms with van der Waals surface area (Å²) < 4.78 is 7.61. The number of aromatic amines is 1. The summed E-state index contributed by atoms with van der Waals surface area (Å²) in [6, 6.07) is 1.61. The molecule has 1 fully saturated rings. The van der Waals surface area contributed by atoms with Gasteiger partial charge in [0.05, 0.1) is 18.7 Å². The highest BCUT2D eigenvalue weighted by molar-refractivity contribution is 7.71. The summed E-state index contributed by atoms with van der Waals surface area (Å²) >= 11 is 5.37. The molecule has 0 aliphatic carbocycles. The molecule has 1 N–H and O–H groups in total. The molecule has 3 rings (SSSR count). The van der Waals surface area contributed by atoms with Crippen LogP contribution in [0.1, 0.15) is 18.5 Å². The number of hydrogen-bond donors (Lipinski definition) is 1. The number of pyridine rings is 1. The number of H-pyrrole nitrogens is 1. The maximum absolute atomic E-state index is 12.6. The lowest BCUT2D eigenvalue weighted by molar-refractivity contribution is -0.138. The van der Waals surface area contributed by atoms with Crippen LogP contribution in [0.15, 0.2) is 12.3 Å². The average molecular weight is 306 g/mol. The number of nitrogens with one attached hydrogen (secondary N) is 1. The van der Waals surface area contributed by atoms with Crippen molar-refractivity contribution in [3.8, 4) is 0 Å². The summed E-state index contributed by atoms with van der Waals surface area (Å²) in [4.78, 5) is 22.0. The highest BCUT2D eigenvalue weighted by Gasteiger charge is 2.25. The van der Waals surface area contributed by atoms with E-state index in [1.54, 1.807) is 10.8 Å². The van der Waals surface area contributed by atoms with Crippen molar-refractivity contribution in [1.29, 1.82) is 0 Å². The first kappa shape index (κ1) is 14.2. The number of amides is 1. The molecule has 112 valence electrons. The molecule has 2 aromatic rings. The minimum absolute atomic E-state index is 0.0534. The molecule has 0 spiro atoms. The first-order chi connectivity index (χ1) is 10.1. The molecule has 7 heteroatoms. The SMILES string of the molecule is Cc1cnc2c(c1)[nH]c(=S)n2C(C)C(=O)N1CCOCC1. The predicted octanol–water partition coefficient (Wildman–Crippen LogP) is 1.82. The van der Waals surface area contributed by atoms with Gasteiger partial charge >= 0.3 is 0 Å². The lowest BCUT2D eigenvalue weighted by Crippen LogP contribution is -2.43. The number of carbonyl (C=O) groups excluding carboxylic acids is 1. The highest BCUT2D eigenvalue weighted by Crippen LogP contribution is 2.20. The van der Waals surface area contributed by atoms with Crippen LogP contribution >= 0.6 is 12.2 Å². The number of imidazole rings is 1. The standard InChI is InChI=1S/C14H18N4O2S/c1-9-7-11-12(15-8-9)18(14(21)16-11)10(2)13(19)17-3-5-20-6-4-17/h7-8,10H,3-6H2,1-2H3,(H,16,21). The fraction of sp³-hybridized carbons (Fsp3) is 0.500. The largest absolute Gasteiger partial charge is 0.378 e. The van der Waals surface area contributed by atoms with E-state index < -0.39 is 0 Å². The third-order valence-electron chi connectivity index (χ3n) is 3.76. The summed E-state index contributed by atoms with van der Waals surface area (Å²) in [5.74, 6) is 0.0534. The number of aromatic nitrogens is 3. The maximum atomic E-state index is 12.6. The number of hydrogen-bond acceptors (Lipinski definition) is 4. The van der Waals surface area contributed by atoms with Gasteiger partial charge in [-0.1, -0.05) is 0 Å². The van der Waals surface area contributed by atoms with Crippen molar-refractivity contribution in [3.05, 3.63) is 22.6 Å². The van der Waals surface area contributed by atoms with Crippen LogP contribution in [0.4, 0.5) is 0 Å². The normalized spacial score (nSPS) is 17.1. The number of aryl methyl sites for hydroxylation is 1. The summed E-state index contributed by atoms with van der Waals surface area (Å²) in [5.41, 5.74) is 2.64.